The third kappa shape index (κ3) is 3.18. The standard InChI is InChI=1S/C24H22N2O5/c1-14-6-9-22-26(14)20-11-16(7-8-18(20)24(29)31-22)23(28)25-12-19(21(27)13-25)15-4-3-5-17(10-15)30-2/h3-11,19,21,27H,12-13H2,1-2H3. The van der Waals surface area contributed by atoms with E-state index < -0.39 is 11.7 Å². The summed E-state index contributed by atoms with van der Waals surface area (Å²) in [6.07, 6.45) is -0.665. The Balaban J connectivity index is 1.49. The van der Waals surface area contributed by atoms with E-state index in [4.69, 9.17) is 9.15 Å². The van der Waals surface area contributed by atoms with Crippen molar-refractivity contribution in [1.29, 1.82) is 0 Å². The second-order valence-electron chi connectivity index (χ2n) is 7.93. The zero-order valence-electron chi connectivity index (χ0n) is 17.2. The molecule has 0 saturated carbocycles. The molecule has 1 aliphatic heterocycles. The molecule has 0 aliphatic carbocycles. The van der Waals surface area contributed by atoms with Gasteiger partial charge in [0.05, 0.1) is 24.1 Å². The topological polar surface area (TPSA) is 84.4 Å². The summed E-state index contributed by atoms with van der Waals surface area (Å²) in [7, 11) is 1.60. The number of carbonyl (C=O) groups is 1. The lowest BCUT2D eigenvalue weighted by Crippen LogP contribution is -2.29. The fourth-order valence-electron chi connectivity index (χ4n) is 4.41. The molecule has 2 atom stereocenters. The summed E-state index contributed by atoms with van der Waals surface area (Å²) in [4.78, 5) is 27.2. The summed E-state index contributed by atoms with van der Waals surface area (Å²) in [5.41, 5.74) is 2.93. The van der Waals surface area contributed by atoms with Gasteiger partial charge >= 0.3 is 5.63 Å². The lowest BCUT2D eigenvalue weighted by Gasteiger charge is -2.17. The predicted octanol–water partition coefficient (Wildman–Crippen LogP) is 2.96. The number of aliphatic hydroxyl groups is 1. The number of aromatic nitrogens is 1. The molecule has 1 amide bonds. The Morgan fingerprint density at radius 1 is 1.13 bits per heavy atom. The van der Waals surface area contributed by atoms with Crippen LogP contribution < -0.4 is 10.4 Å². The third-order valence-electron chi connectivity index (χ3n) is 6.04. The van der Waals surface area contributed by atoms with Crippen LogP contribution in [0, 0.1) is 6.92 Å². The maximum absolute atomic E-state index is 13.3. The van der Waals surface area contributed by atoms with Crippen molar-refractivity contribution >= 4 is 22.5 Å². The van der Waals surface area contributed by atoms with Gasteiger partial charge in [0.25, 0.3) is 5.91 Å². The molecule has 7 heteroatoms. The van der Waals surface area contributed by atoms with Crippen LogP contribution in [0.25, 0.3) is 16.6 Å². The van der Waals surface area contributed by atoms with E-state index in [9.17, 15) is 14.7 Å². The van der Waals surface area contributed by atoms with E-state index >= 15 is 0 Å². The summed E-state index contributed by atoms with van der Waals surface area (Å²) >= 11 is 0. The number of hydrogen-bond acceptors (Lipinski definition) is 5. The number of amides is 1. The Labute approximate surface area is 178 Å². The number of benzene rings is 2. The van der Waals surface area contributed by atoms with Gasteiger partial charge in [0.15, 0.2) is 0 Å². The molecule has 158 valence electrons. The summed E-state index contributed by atoms with van der Waals surface area (Å²) in [6.45, 7) is 2.56. The molecule has 7 nitrogen and oxygen atoms in total. The van der Waals surface area contributed by atoms with Crippen molar-refractivity contribution in [3.63, 3.8) is 0 Å². The van der Waals surface area contributed by atoms with Crippen LogP contribution in [0.15, 0.2) is 63.8 Å². The third-order valence-corrected chi connectivity index (χ3v) is 6.04. The van der Waals surface area contributed by atoms with Gasteiger partial charge in [0, 0.05) is 36.3 Å². The molecule has 1 N–H and O–H groups in total. The molecule has 5 rings (SSSR count). The first-order chi connectivity index (χ1) is 15.0. The molecule has 1 aliphatic rings. The van der Waals surface area contributed by atoms with Gasteiger partial charge in [0.2, 0.25) is 5.71 Å². The second kappa shape index (κ2) is 7.28. The van der Waals surface area contributed by atoms with Crippen molar-refractivity contribution in [2.75, 3.05) is 20.2 Å². The minimum Gasteiger partial charge on any atom is -0.497 e. The van der Waals surface area contributed by atoms with Gasteiger partial charge in [-0.1, -0.05) is 12.1 Å². The molecule has 31 heavy (non-hydrogen) atoms. The first kappa shape index (κ1) is 19.4. The maximum Gasteiger partial charge on any atom is 0.346 e. The number of rotatable bonds is 3. The zero-order chi connectivity index (χ0) is 21.7. The highest BCUT2D eigenvalue weighted by atomic mass is 16.5. The maximum atomic E-state index is 13.3. The highest BCUT2D eigenvalue weighted by molar-refractivity contribution is 5.98. The second-order valence-corrected chi connectivity index (χ2v) is 7.93. The van der Waals surface area contributed by atoms with E-state index in [1.165, 1.54) is 0 Å². The van der Waals surface area contributed by atoms with Crippen LogP contribution in [0.2, 0.25) is 0 Å². The number of methoxy groups -OCH3 is 1. The Morgan fingerprint density at radius 3 is 2.77 bits per heavy atom. The number of nitrogens with zero attached hydrogens (tertiary/aromatic N) is 2. The molecule has 1 saturated heterocycles. The smallest absolute Gasteiger partial charge is 0.346 e. The largest absolute Gasteiger partial charge is 0.497 e. The number of aliphatic hydroxyl groups excluding tert-OH is 1. The summed E-state index contributed by atoms with van der Waals surface area (Å²) < 4.78 is 12.5. The average molecular weight is 418 g/mol. The molecule has 1 fully saturated rings. The van der Waals surface area contributed by atoms with E-state index in [0.717, 1.165) is 11.3 Å². The fraction of sp³-hybridized carbons (Fsp3) is 0.250. The molecule has 0 radical (unpaired) electrons. The van der Waals surface area contributed by atoms with Crippen molar-refractivity contribution in [2.24, 2.45) is 0 Å². The highest BCUT2D eigenvalue weighted by Crippen LogP contribution is 2.31. The summed E-state index contributed by atoms with van der Waals surface area (Å²) in [5, 5.41) is 11.1. The molecule has 2 unspecified atom stereocenters. The van der Waals surface area contributed by atoms with Crippen LogP contribution in [0.5, 0.6) is 5.75 Å². The zero-order valence-corrected chi connectivity index (χ0v) is 17.2. The van der Waals surface area contributed by atoms with Gasteiger partial charge in [-0.3, -0.25) is 9.20 Å². The minimum atomic E-state index is -0.665. The quantitative estimate of drug-likeness (QED) is 0.553. The van der Waals surface area contributed by atoms with E-state index in [1.54, 1.807) is 36.3 Å². The Morgan fingerprint density at radius 2 is 1.97 bits per heavy atom. The minimum absolute atomic E-state index is 0.183. The van der Waals surface area contributed by atoms with E-state index in [-0.39, 0.29) is 18.4 Å². The molecule has 3 heterocycles. The number of β-amino-alcohol motifs (C(OH)–C–C–N with tert-alkyl or cyclic N) is 1. The number of hydrogen-bond donors (Lipinski definition) is 1. The summed E-state index contributed by atoms with van der Waals surface area (Å²) in [5.74, 6) is 0.344. The first-order valence-electron chi connectivity index (χ1n) is 10.1. The van der Waals surface area contributed by atoms with Crippen LogP contribution >= 0.6 is 0 Å². The molecule has 2 aromatic heterocycles. The number of likely N-dealkylation sites (tertiary alicyclic amines) is 1. The molecule has 0 spiro atoms. The van der Waals surface area contributed by atoms with Gasteiger partial charge in [-0.15, -0.1) is 0 Å². The Hall–Kier alpha value is -3.58. The van der Waals surface area contributed by atoms with Gasteiger partial charge in [-0.05, 0) is 48.9 Å². The van der Waals surface area contributed by atoms with Gasteiger partial charge in [-0.25, -0.2) is 4.79 Å². The van der Waals surface area contributed by atoms with Crippen molar-refractivity contribution < 1.29 is 19.1 Å². The molecular formula is C24H22N2O5. The molecule has 4 aromatic rings. The highest BCUT2D eigenvalue weighted by Gasteiger charge is 2.35. The normalized spacial score (nSPS) is 18.7. The Bertz CT molecular complexity index is 1370. The lowest BCUT2D eigenvalue weighted by atomic mass is 9.96. The SMILES string of the molecule is COc1cccc(C2CN(C(=O)c3ccc4c(=O)oc5ccc(C)n5c4c3)CC2O)c1. The van der Waals surface area contributed by atoms with Crippen LogP contribution in [0.3, 0.4) is 0 Å². The van der Waals surface area contributed by atoms with Crippen LogP contribution in [0.1, 0.15) is 27.5 Å². The Kier molecular flexibility index (Phi) is 4.55. The van der Waals surface area contributed by atoms with Gasteiger partial charge < -0.3 is 19.2 Å². The number of fused-ring (bicyclic) bond motifs is 3. The number of ether oxygens (including phenoxy) is 1. The van der Waals surface area contributed by atoms with Crippen molar-refractivity contribution in [1.82, 2.24) is 9.30 Å². The van der Waals surface area contributed by atoms with Gasteiger partial charge in [-0.2, -0.15) is 0 Å². The van der Waals surface area contributed by atoms with E-state index in [0.29, 0.717) is 34.5 Å². The van der Waals surface area contributed by atoms with Gasteiger partial charge in [0.1, 0.15) is 5.75 Å². The average Bonchev–Trinajstić information content (AvgIpc) is 3.35. The van der Waals surface area contributed by atoms with Crippen LogP contribution in [-0.4, -0.2) is 46.6 Å². The first-order valence-corrected chi connectivity index (χ1v) is 10.1. The number of aryl methyl sites for hydroxylation is 1. The fourth-order valence-corrected chi connectivity index (χ4v) is 4.41. The lowest BCUT2D eigenvalue weighted by molar-refractivity contribution is 0.0765. The molecular weight excluding hydrogens is 396 g/mol. The van der Waals surface area contributed by atoms with E-state index in [1.807, 2.05) is 41.7 Å². The predicted molar refractivity (Wildman–Crippen MR) is 116 cm³/mol. The molecule has 2 aromatic carbocycles. The van der Waals surface area contributed by atoms with Crippen LogP contribution in [0.4, 0.5) is 0 Å². The molecule has 0 bridgehead atoms. The van der Waals surface area contributed by atoms with Crippen molar-refractivity contribution in [2.45, 2.75) is 18.9 Å². The van der Waals surface area contributed by atoms with E-state index in [2.05, 4.69) is 0 Å². The monoisotopic (exact) mass is 418 g/mol. The van der Waals surface area contributed by atoms with Crippen molar-refractivity contribution in [3.8, 4) is 5.75 Å². The summed E-state index contributed by atoms with van der Waals surface area (Å²) in [6, 6.07) is 16.1. The van der Waals surface area contributed by atoms with Crippen LogP contribution in [-0.2, 0) is 0 Å². The number of carbonyl (C=O) groups excluding carboxylic acids is 1. The van der Waals surface area contributed by atoms with Crippen molar-refractivity contribution in [3.05, 3.63) is 81.8 Å².